The molecule has 26 heavy (non-hydrogen) atoms. The van der Waals surface area contributed by atoms with E-state index in [2.05, 4.69) is 10.3 Å². The van der Waals surface area contributed by atoms with Crippen molar-refractivity contribution >= 4 is 17.1 Å². The zero-order valence-electron chi connectivity index (χ0n) is 16.0. The number of hydrogen-bond acceptors (Lipinski definition) is 5. The van der Waals surface area contributed by atoms with Gasteiger partial charge in [0, 0.05) is 32.7 Å². The molecule has 142 valence electrons. The van der Waals surface area contributed by atoms with Crippen LogP contribution in [0.15, 0.2) is 21.2 Å². The Kier molecular flexibility index (Phi) is 5.04. The highest BCUT2D eigenvalue weighted by Gasteiger charge is 2.25. The van der Waals surface area contributed by atoms with E-state index in [0.717, 1.165) is 35.8 Å². The third kappa shape index (κ3) is 3.21. The predicted molar refractivity (Wildman–Crippen MR) is 104 cm³/mol. The van der Waals surface area contributed by atoms with Crippen LogP contribution >= 0.6 is 0 Å². The second kappa shape index (κ2) is 7.11. The van der Waals surface area contributed by atoms with E-state index < -0.39 is 0 Å². The van der Waals surface area contributed by atoms with Crippen LogP contribution in [-0.4, -0.2) is 30.8 Å². The van der Waals surface area contributed by atoms with E-state index in [1.807, 2.05) is 24.5 Å². The van der Waals surface area contributed by atoms with Gasteiger partial charge in [-0.15, -0.1) is 0 Å². The summed E-state index contributed by atoms with van der Waals surface area (Å²) in [6.07, 6.45) is 6.26. The molecule has 0 radical (unpaired) electrons. The van der Waals surface area contributed by atoms with Crippen molar-refractivity contribution in [3.63, 3.8) is 0 Å². The zero-order chi connectivity index (χ0) is 19.0. The van der Waals surface area contributed by atoms with E-state index in [0.29, 0.717) is 23.7 Å². The number of fused-ring (bicyclic) bond motifs is 1. The van der Waals surface area contributed by atoms with Crippen LogP contribution < -0.4 is 22.3 Å². The van der Waals surface area contributed by atoms with Crippen LogP contribution in [0.4, 0.5) is 5.95 Å². The number of nitrogens with zero attached hydrogens (tertiary/aromatic N) is 4. The highest BCUT2D eigenvalue weighted by molar-refractivity contribution is 5.74. The van der Waals surface area contributed by atoms with Crippen LogP contribution in [-0.2, 0) is 20.6 Å². The molecule has 0 bridgehead atoms. The Hall–Kier alpha value is -2.35. The average Bonchev–Trinajstić information content (AvgIpc) is 2.96. The summed E-state index contributed by atoms with van der Waals surface area (Å²) in [5.41, 5.74) is 7.53. The van der Waals surface area contributed by atoms with E-state index in [9.17, 15) is 9.59 Å². The predicted octanol–water partition coefficient (Wildman–Crippen LogP) is 1.08. The second-order valence-corrected chi connectivity index (χ2v) is 7.40. The molecule has 1 aliphatic rings. The number of allylic oxidation sites excluding steroid dienone is 2. The first-order valence-electron chi connectivity index (χ1n) is 9.13. The fourth-order valence-corrected chi connectivity index (χ4v) is 3.51. The summed E-state index contributed by atoms with van der Waals surface area (Å²) in [5, 5.41) is 3.44. The van der Waals surface area contributed by atoms with Gasteiger partial charge < -0.3 is 15.6 Å². The Morgan fingerprint density at radius 2 is 1.92 bits per heavy atom. The molecule has 0 unspecified atom stereocenters. The molecule has 0 aromatic carbocycles. The number of nitrogens with two attached hydrogens (primary N) is 1. The highest BCUT2D eigenvalue weighted by Crippen LogP contribution is 2.23. The summed E-state index contributed by atoms with van der Waals surface area (Å²) in [6.45, 7) is 4.53. The number of anilines is 1. The highest BCUT2D eigenvalue weighted by atomic mass is 16.2. The van der Waals surface area contributed by atoms with Crippen molar-refractivity contribution in [2.24, 2.45) is 19.8 Å². The van der Waals surface area contributed by atoms with Crippen molar-refractivity contribution in [2.45, 2.75) is 58.2 Å². The molecule has 8 nitrogen and oxygen atoms in total. The maximum atomic E-state index is 12.8. The van der Waals surface area contributed by atoms with Crippen LogP contribution in [0.3, 0.4) is 0 Å². The van der Waals surface area contributed by atoms with Crippen LogP contribution in [0.1, 0.15) is 39.5 Å². The first kappa shape index (κ1) is 18.4. The van der Waals surface area contributed by atoms with Crippen molar-refractivity contribution < 1.29 is 0 Å². The summed E-state index contributed by atoms with van der Waals surface area (Å²) in [6, 6.07) is 0.180. The van der Waals surface area contributed by atoms with Gasteiger partial charge in [0.15, 0.2) is 11.2 Å². The largest absolute Gasteiger partial charge is 0.351 e. The Morgan fingerprint density at radius 3 is 2.58 bits per heavy atom. The Balaban J connectivity index is 2.17. The number of aryl methyl sites for hydroxylation is 1. The molecule has 8 heteroatoms. The lowest BCUT2D eigenvalue weighted by atomic mass is 9.91. The summed E-state index contributed by atoms with van der Waals surface area (Å²) in [7, 11) is 3.13. The lowest BCUT2D eigenvalue weighted by Gasteiger charge is -2.29. The normalized spacial score (nSPS) is 20.3. The lowest BCUT2D eigenvalue weighted by Crippen LogP contribution is -2.43. The van der Waals surface area contributed by atoms with Crippen LogP contribution in [0.2, 0.25) is 0 Å². The Morgan fingerprint density at radius 1 is 1.23 bits per heavy atom. The van der Waals surface area contributed by atoms with Gasteiger partial charge in [-0.25, -0.2) is 4.79 Å². The quantitative estimate of drug-likeness (QED) is 0.795. The number of aromatic nitrogens is 4. The summed E-state index contributed by atoms with van der Waals surface area (Å²) >= 11 is 0. The molecule has 2 aromatic heterocycles. The van der Waals surface area contributed by atoms with Gasteiger partial charge in [-0.2, -0.15) is 4.98 Å². The van der Waals surface area contributed by atoms with Crippen LogP contribution in [0, 0.1) is 0 Å². The number of hydrogen-bond donors (Lipinski definition) is 2. The minimum absolute atomic E-state index is 0.0621. The van der Waals surface area contributed by atoms with Gasteiger partial charge in [-0.1, -0.05) is 24.5 Å². The van der Waals surface area contributed by atoms with Crippen LogP contribution in [0.25, 0.3) is 11.2 Å². The van der Waals surface area contributed by atoms with Gasteiger partial charge in [0.05, 0.1) is 0 Å². The molecule has 2 heterocycles. The summed E-state index contributed by atoms with van der Waals surface area (Å²) < 4.78 is 4.40. The van der Waals surface area contributed by atoms with Crippen molar-refractivity contribution in [2.75, 3.05) is 5.32 Å². The molecule has 1 aliphatic carbocycles. The van der Waals surface area contributed by atoms with Crippen molar-refractivity contribution in [3.8, 4) is 0 Å². The van der Waals surface area contributed by atoms with E-state index >= 15 is 0 Å². The third-order valence-corrected chi connectivity index (χ3v) is 5.16. The lowest BCUT2D eigenvalue weighted by molar-refractivity contribution is 0.401. The standard InChI is InChI=1S/C18H28N6O2/c1-11(2)9-10-24-14-15(22(3)18(26)23(4)16(14)25)21-17(24)20-13-8-6-5-7-12(13)19/h9,12-13H,5-8,10,19H2,1-4H3,(H,20,21)/t12-,13+/m1/s1. The average molecular weight is 360 g/mol. The molecule has 3 rings (SSSR count). The molecule has 0 aliphatic heterocycles. The minimum atomic E-state index is -0.379. The van der Waals surface area contributed by atoms with Crippen molar-refractivity contribution in [1.82, 2.24) is 18.7 Å². The number of imidazole rings is 1. The monoisotopic (exact) mass is 360 g/mol. The molecule has 3 N–H and O–H groups in total. The molecular weight excluding hydrogens is 332 g/mol. The van der Waals surface area contributed by atoms with E-state index in [1.165, 1.54) is 11.6 Å². The fourth-order valence-electron chi connectivity index (χ4n) is 3.51. The first-order valence-corrected chi connectivity index (χ1v) is 9.13. The summed E-state index contributed by atoms with van der Waals surface area (Å²) in [5.74, 6) is 0.596. The van der Waals surface area contributed by atoms with Crippen molar-refractivity contribution in [1.29, 1.82) is 0 Å². The Bertz CT molecular complexity index is 961. The number of rotatable bonds is 4. The molecule has 0 spiro atoms. The molecule has 2 atom stereocenters. The second-order valence-electron chi connectivity index (χ2n) is 7.40. The number of nitrogens with one attached hydrogen (secondary N) is 1. The van der Waals surface area contributed by atoms with Gasteiger partial charge in [0.2, 0.25) is 5.95 Å². The van der Waals surface area contributed by atoms with Gasteiger partial charge in [-0.05, 0) is 26.7 Å². The van der Waals surface area contributed by atoms with E-state index in [1.54, 1.807) is 7.05 Å². The molecule has 0 amide bonds. The van der Waals surface area contributed by atoms with Gasteiger partial charge in [0.25, 0.3) is 5.56 Å². The maximum Gasteiger partial charge on any atom is 0.332 e. The zero-order valence-corrected chi connectivity index (χ0v) is 16.0. The molecular formula is C18H28N6O2. The topological polar surface area (TPSA) is 99.9 Å². The van der Waals surface area contributed by atoms with Crippen LogP contribution in [0.5, 0.6) is 0 Å². The molecule has 2 aromatic rings. The Labute approximate surface area is 152 Å². The molecule has 1 fully saturated rings. The first-order chi connectivity index (χ1) is 12.3. The van der Waals surface area contributed by atoms with Gasteiger partial charge in [0.1, 0.15) is 0 Å². The van der Waals surface area contributed by atoms with E-state index in [4.69, 9.17) is 5.73 Å². The molecule has 0 saturated heterocycles. The molecule has 1 saturated carbocycles. The minimum Gasteiger partial charge on any atom is -0.351 e. The van der Waals surface area contributed by atoms with Gasteiger partial charge in [-0.3, -0.25) is 13.9 Å². The van der Waals surface area contributed by atoms with Crippen molar-refractivity contribution in [3.05, 3.63) is 32.5 Å². The smallest absolute Gasteiger partial charge is 0.332 e. The van der Waals surface area contributed by atoms with E-state index in [-0.39, 0.29) is 23.3 Å². The SMILES string of the molecule is CC(C)=CCn1c(N[C@H]2CCCC[C@H]2N)nc2c1c(=O)n(C)c(=O)n2C. The third-order valence-electron chi connectivity index (χ3n) is 5.16. The fraction of sp³-hybridized carbons (Fsp3) is 0.611. The summed E-state index contributed by atoms with van der Waals surface area (Å²) in [4.78, 5) is 29.6. The maximum absolute atomic E-state index is 12.8. The van der Waals surface area contributed by atoms with Gasteiger partial charge >= 0.3 is 5.69 Å².